The molecule has 6 heteroatoms. The average Bonchev–Trinajstić information content (AvgIpc) is 2.45. The maximum absolute atomic E-state index is 12.8. The van der Waals surface area contributed by atoms with Gasteiger partial charge in [-0.3, -0.25) is 4.79 Å². The molecule has 0 aliphatic heterocycles. The third-order valence-electron chi connectivity index (χ3n) is 3.00. The van der Waals surface area contributed by atoms with Crippen molar-refractivity contribution in [3.05, 3.63) is 64.6 Å². The van der Waals surface area contributed by atoms with Gasteiger partial charge in [0, 0.05) is 24.8 Å². The van der Waals surface area contributed by atoms with Crippen LogP contribution in [0.15, 0.2) is 53.3 Å². The number of aromatic nitrogens is 1. The van der Waals surface area contributed by atoms with Crippen molar-refractivity contribution in [1.82, 2.24) is 4.57 Å². The molecule has 0 bridgehead atoms. The fourth-order valence-electron chi connectivity index (χ4n) is 2.02. The summed E-state index contributed by atoms with van der Waals surface area (Å²) in [5.74, 6) is 0. The van der Waals surface area contributed by atoms with Crippen LogP contribution in [0.2, 0.25) is 0 Å². The number of rotatable bonds is 5. The number of pyridine rings is 1. The number of halogens is 3. The van der Waals surface area contributed by atoms with Crippen molar-refractivity contribution in [2.45, 2.75) is 19.1 Å². The second kappa shape index (κ2) is 6.47. The molecule has 0 aliphatic rings. The lowest BCUT2D eigenvalue weighted by molar-refractivity contribution is -0.144. The van der Waals surface area contributed by atoms with E-state index in [0.717, 1.165) is 28.5 Å². The molecule has 3 nitrogen and oxygen atoms in total. The highest BCUT2D eigenvalue weighted by atomic mass is 19.4. The second-order valence-electron chi connectivity index (χ2n) is 4.55. The molecule has 0 saturated heterocycles. The van der Waals surface area contributed by atoms with Crippen molar-refractivity contribution < 1.29 is 13.2 Å². The summed E-state index contributed by atoms with van der Waals surface area (Å²) in [4.78, 5) is 11.6. The van der Waals surface area contributed by atoms with Gasteiger partial charge >= 0.3 is 6.18 Å². The Morgan fingerprint density at radius 1 is 1.00 bits per heavy atom. The molecule has 0 amide bonds. The van der Waals surface area contributed by atoms with Gasteiger partial charge in [-0.25, -0.2) is 0 Å². The van der Waals surface area contributed by atoms with E-state index in [0.29, 0.717) is 13.0 Å². The first-order chi connectivity index (χ1) is 9.98. The van der Waals surface area contributed by atoms with Crippen molar-refractivity contribution in [3.8, 4) is 0 Å². The number of benzene rings is 1. The topological polar surface area (TPSA) is 34.0 Å². The molecule has 1 heterocycles. The Morgan fingerprint density at radius 3 is 2.38 bits per heavy atom. The molecule has 0 unspecified atom stereocenters. The normalized spacial score (nSPS) is 11.4. The van der Waals surface area contributed by atoms with Gasteiger partial charge in [0.25, 0.3) is 5.56 Å². The smallest absolute Gasteiger partial charge is 0.385 e. The summed E-state index contributed by atoms with van der Waals surface area (Å²) in [6.07, 6.45) is -4.10. The Labute approximate surface area is 120 Å². The van der Waals surface area contributed by atoms with E-state index in [1.54, 1.807) is 0 Å². The van der Waals surface area contributed by atoms with E-state index in [4.69, 9.17) is 0 Å². The van der Waals surface area contributed by atoms with E-state index in [1.807, 2.05) is 30.3 Å². The Kier molecular flexibility index (Phi) is 4.67. The number of hydrogen-bond acceptors (Lipinski definition) is 2. The van der Waals surface area contributed by atoms with Crippen LogP contribution < -0.4 is 10.9 Å². The summed E-state index contributed by atoms with van der Waals surface area (Å²) < 4.78 is 39.3. The Balaban J connectivity index is 1.99. The van der Waals surface area contributed by atoms with Gasteiger partial charge in [-0.2, -0.15) is 13.2 Å². The first kappa shape index (κ1) is 15.2. The molecule has 0 saturated carbocycles. The molecule has 2 aromatic rings. The zero-order valence-corrected chi connectivity index (χ0v) is 11.2. The summed E-state index contributed by atoms with van der Waals surface area (Å²) in [5.41, 5.74) is -0.645. The Bertz CT molecular complexity index is 635. The molecule has 0 aliphatic carbocycles. The molecule has 0 spiro atoms. The molecule has 1 N–H and O–H groups in total. The van der Waals surface area contributed by atoms with E-state index < -0.39 is 17.4 Å². The number of anilines is 1. The number of para-hydroxylation sites is 1. The van der Waals surface area contributed by atoms with Crippen LogP contribution in [0.3, 0.4) is 0 Å². The van der Waals surface area contributed by atoms with Gasteiger partial charge in [-0.05, 0) is 24.6 Å². The molecule has 112 valence electrons. The van der Waals surface area contributed by atoms with Crippen LogP contribution in [0.5, 0.6) is 0 Å². The van der Waals surface area contributed by atoms with E-state index in [9.17, 15) is 18.0 Å². The number of nitrogens with one attached hydrogen (secondary N) is 1. The fraction of sp³-hybridized carbons (Fsp3) is 0.267. The minimum absolute atomic E-state index is 0.0222. The molecule has 0 atom stereocenters. The number of hydrogen-bond donors (Lipinski definition) is 1. The largest absolute Gasteiger partial charge is 0.431 e. The van der Waals surface area contributed by atoms with E-state index >= 15 is 0 Å². The molecule has 0 radical (unpaired) electrons. The van der Waals surface area contributed by atoms with Crippen molar-refractivity contribution in [2.75, 3.05) is 11.9 Å². The monoisotopic (exact) mass is 296 g/mol. The fourth-order valence-corrected chi connectivity index (χ4v) is 2.02. The third-order valence-corrected chi connectivity index (χ3v) is 3.00. The quantitative estimate of drug-likeness (QED) is 0.858. The SMILES string of the molecule is O=c1cccc(C(F)(F)F)n1CCCNc1ccccc1. The zero-order chi connectivity index (χ0) is 15.3. The molecule has 0 fully saturated rings. The van der Waals surface area contributed by atoms with Crippen LogP contribution in [0, 0.1) is 0 Å². The van der Waals surface area contributed by atoms with Crippen molar-refractivity contribution >= 4 is 5.69 Å². The average molecular weight is 296 g/mol. The van der Waals surface area contributed by atoms with Crippen molar-refractivity contribution in [3.63, 3.8) is 0 Å². The summed E-state index contributed by atoms with van der Waals surface area (Å²) in [5, 5.41) is 3.10. The third kappa shape index (κ3) is 4.11. The summed E-state index contributed by atoms with van der Waals surface area (Å²) >= 11 is 0. The van der Waals surface area contributed by atoms with Gasteiger partial charge in [0.05, 0.1) is 0 Å². The highest BCUT2D eigenvalue weighted by Crippen LogP contribution is 2.28. The summed E-state index contributed by atoms with van der Waals surface area (Å²) in [7, 11) is 0. The zero-order valence-electron chi connectivity index (χ0n) is 11.2. The van der Waals surface area contributed by atoms with Gasteiger partial charge in [0.2, 0.25) is 0 Å². The van der Waals surface area contributed by atoms with Crippen LogP contribution in [-0.2, 0) is 12.7 Å². The highest BCUT2D eigenvalue weighted by Gasteiger charge is 2.33. The molecule has 2 rings (SSSR count). The van der Waals surface area contributed by atoms with Gasteiger partial charge in [-0.15, -0.1) is 0 Å². The molecule has 1 aromatic carbocycles. The standard InChI is InChI=1S/C15H15F3N2O/c16-15(17,18)13-8-4-9-14(21)20(13)11-5-10-19-12-6-2-1-3-7-12/h1-4,6-9,19H,5,10-11H2. The first-order valence-corrected chi connectivity index (χ1v) is 6.54. The van der Waals surface area contributed by atoms with Gasteiger partial charge in [0.1, 0.15) is 5.69 Å². The van der Waals surface area contributed by atoms with Crippen LogP contribution in [0.1, 0.15) is 12.1 Å². The highest BCUT2D eigenvalue weighted by molar-refractivity contribution is 5.42. The molecular formula is C15H15F3N2O. The van der Waals surface area contributed by atoms with E-state index in [2.05, 4.69) is 5.32 Å². The van der Waals surface area contributed by atoms with Gasteiger partial charge in [-0.1, -0.05) is 24.3 Å². The van der Waals surface area contributed by atoms with Gasteiger partial charge < -0.3 is 9.88 Å². The first-order valence-electron chi connectivity index (χ1n) is 6.54. The summed E-state index contributed by atoms with van der Waals surface area (Å²) in [6.45, 7) is 0.511. The summed E-state index contributed by atoms with van der Waals surface area (Å²) in [6, 6.07) is 12.5. The lowest BCUT2D eigenvalue weighted by Gasteiger charge is -2.15. The lowest BCUT2D eigenvalue weighted by atomic mass is 10.3. The van der Waals surface area contributed by atoms with Crippen molar-refractivity contribution in [1.29, 1.82) is 0 Å². The van der Waals surface area contributed by atoms with Gasteiger partial charge in [0.15, 0.2) is 0 Å². The van der Waals surface area contributed by atoms with Crippen molar-refractivity contribution in [2.24, 2.45) is 0 Å². The molecular weight excluding hydrogens is 281 g/mol. The van der Waals surface area contributed by atoms with Crippen LogP contribution in [-0.4, -0.2) is 11.1 Å². The lowest BCUT2D eigenvalue weighted by Crippen LogP contribution is -2.27. The maximum Gasteiger partial charge on any atom is 0.431 e. The predicted molar refractivity (Wildman–Crippen MR) is 75.3 cm³/mol. The van der Waals surface area contributed by atoms with E-state index in [-0.39, 0.29) is 6.54 Å². The molecule has 1 aromatic heterocycles. The molecule has 21 heavy (non-hydrogen) atoms. The van der Waals surface area contributed by atoms with Crippen LogP contribution in [0.4, 0.5) is 18.9 Å². The maximum atomic E-state index is 12.8. The van der Waals surface area contributed by atoms with Crippen LogP contribution in [0.25, 0.3) is 0 Å². The van der Waals surface area contributed by atoms with E-state index in [1.165, 1.54) is 0 Å². The minimum atomic E-state index is -4.52. The second-order valence-corrected chi connectivity index (χ2v) is 4.55. The Morgan fingerprint density at radius 2 is 1.71 bits per heavy atom. The minimum Gasteiger partial charge on any atom is -0.385 e. The Hall–Kier alpha value is -2.24. The predicted octanol–water partition coefficient (Wildman–Crippen LogP) is 3.37. The number of nitrogens with zero attached hydrogens (tertiary/aromatic N) is 1. The number of alkyl halides is 3. The van der Waals surface area contributed by atoms with Crippen LogP contribution >= 0.6 is 0 Å².